The smallest absolute Gasteiger partial charge is 0.268 e. The molecule has 0 bridgehead atoms. The van der Waals surface area contributed by atoms with E-state index in [1.54, 1.807) is 41.1 Å². The molecule has 5 nitrogen and oxygen atoms in total. The van der Waals surface area contributed by atoms with Crippen molar-refractivity contribution in [1.29, 1.82) is 0 Å². The third-order valence-electron chi connectivity index (χ3n) is 3.69. The van der Waals surface area contributed by atoms with Gasteiger partial charge in [0.05, 0.1) is 16.7 Å². The van der Waals surface area contributed by atoms with Crippen LogP contribution in [0.2, 0.25) is 10.0 Å². The first-order chi connectivity index (χ1) is 13.0. The van der Waals surface area contributed by atoms with Gasteiger partial charge in [0.25, 0.3) is 5.91 Å². The van der Waals surface area contributed by atoms with Crippen molar-refractivity contribution in [2.45, 2.75) is 6.42 Å². The van der Waals surface area contributed by atoms with Crippen molar-refractivity contribution in [3.05, 3.63) is 76.4 Å². The van der Waals surface area contributed by atoms with Gasteiger partial charge in [0.15, 0.2) is 5.82 Å². The van der Waals surface area contributed by atoms with Crippen molar-refractivity contribution in [2.24, 2.45) is 0 Å². The average molecular weight is 408 g/mol. The van der Waals surface area contributed by atoms with E-state index in [9.17, 15) is 9.18 Å². The van der Waals surface area contributed by atoms with Crippen molar-refractivity contribution >= 4 is 29.1 Å². The summed E-state index contributed by atoms with van der Waals surface area (Å²) >= 11 is 12.0. The van der Waals surface area contributed by atoms with Crippen molar-refractivity contribution in [2.75, 3.05) is 13.2 Å². The molecule has 0 spiro atoms. The standard InChI is InChI=1S/C19H16Cl2FN3O2/c20-13-11-16(21)18(24-12-13)25-9-1-3-17(25)19(26)23-8-2-10-27-15-6-4-14(22)5-7-15/h1,3-7,9,11-12H,2,8,10H2,(H,23,26). The first-order valence-electron chi connectivity index (χ1n) is 8.20. The zero-order valence-corrected chi connectivity index (χ0v) is 15.7. The van der Waals surface area contributed by atoms with Crippen LogP contribution in [-0.2, 0) is 0 Å². The molecule has 0 aliphatic rings. The molecule has 0 saturated carbocycles. The predicted molar refractivity (Wildman–Crippen MR) is 102 cm³/mol. The molecule has 0 fully saturated rings. The van der Waals surface area contributed by atoms with Crippen LogP contribution in [0.15, 0.2) is 54.9 Å². The van der Waals surface area contributed by atoms with Crippen LogP contribution in [0.5, 0.6) is 5.75 Å². The maximum absolute atomic E-state index is 12.8. The Labute approximate surface area is 165 Å². The van der Waals surface area contributed by atoms with Gasteiger partial charge in [0.2, 0.25) is 0 Å². The van der Waals surface area contributed by atoms with Crippen LogP contribution in [0, 0.1) is 5.82 Å². The Morgan fingerprint density at radius 1 is 1.22 bits per heavy atom. The molecular formula is C19H16Cl2FN3O2. The number of amides is 1. The van der Waals surface area contributed by atoms with E-state index < -0.39 is 0 Å². The monoisotopic (exact) mass is 407 g/mol. The van der Waals surface area contributed by atoms with E-state index in [-0.39, 0.29) is 11.7 Å². The molecule has 0 aliphatic heterocycles. The highest BCUT2D eigenvalue weighted by molar-refractivity contribution is 6.35. The van der Waals surface area contributed by atoms with E-state index >= 15 is 0 Å². The molecule has 2 heterocycles. The van der Waals surface area contributed by atoms with Crippen molar-refractivity contribution in [3.63, 3.8) is 0 Å². The number of carbonyl (C=O) groups is 1. The van der Waals surface area contributed by atoms with Crippen LogP contribution in [0.1, 0.15) is 16.9 Å². The first-order valence-corrected chi connectivity index (χ1v) is 8.95. The highest BCUT2D eigenvalue weighted by atomic mass is 35.5. The van der Waals surface area contributed by atoms with Gasteiger partial charge in [0.1, 0.15) is 17.3 Å². The van der Waals surface area contributed by atoms with Gasteiger partial charge in [0, 0.05) is 18.9 Å². The van der Waals surface area contributed by atoms with Gasteiger partial charge >= 0.3 is 0 Å². The zero-order chi connectivity index (χ0) is 19.2. The second-order valence-corrected chi connectivity index (χ2v) is 6.48. The van der Waals surface area contributed by atoms with Crippen LogP contribution in [-0.4, -0.2) is 28.6 Å². The van der Waals surface area contributed by atoms with Crippen LogP contribution in [0.3, 0.4) is 0 Å². The molecule has 0 aliphatic carbocycles. The molecule has 0 unspecified atom stereocenters. The molecule has 2 aromatic heterocycles. The van der Waals surface area contributed by atoms with Crippen molar-refractivity contribution < 1.29 is 13.9 Å². The van der Waals surface area contributed by atoms with Gasteiger partial charge in [-0.05, 0) is 48.9 Å². The lowest BCUT2D eigenvalue weighted by Gasteiger charge is -2.11. The lowest BCUT2D eigenvalue weighted by atomic mass is 10.3. The Hall–Kier alpha value is -2.57. The quantitative estimate of drug-likeness (QED) is 0.585. The van der Waals surface area contributed by atoms with Crippen LogP contribution >= 0.6 is 23.2 Å². The van der Waals surface area contributed by atoms with Gasteiger partial charge < -0.3 is 10.1 Å². The van der Waals surface area contributed by atoms with Gasteiger partial charge in [-0.25, -0.2) is 9.37 Å². The first kappa shape index (κ1) is 19.2. The number of benzene rings is 1. The predicted octanol–water partition coefficient (Wildman–Crippen LogP) is 4.52. The van der Waals surface area contributed by atoms with E-state index in [0.29, 0.717) is 46.9 Å². The molecule has 8 heteroatoms. The summed E-state index contributed by atoms with van der Waals surface area (Å²) in [4.78, 5) is 16.6. The van der Waals surface area contributed by atoms with Gasteiger partial charge in [-0.15, -0.1) is 0 Å². The minimum atomic E-state index is -0.312. The summed E-state index contributed by atoms with van der Waals surface area (Å²) in [5.41, 5.74) is 0.408. The van der Waals surface area contributed by atoms with Crippen LogP contribution in [0.25, 0.3) is 5.82 Å². The van der Waals surface area contributed by atoms with Crippen molar-refractivity contribution in [3.8, 4) is 11.6 Å². The summed E-state index contributed by atoms with van der Waals surface area (Å²) in [5.74, 6) is 0.443. The fourth-order valence-corrected chi connectivity index (χ4v) is 2.89. The number of nitrogens with one attached hydrogen (secondary N) is 1. The van der Waals surface area contributed by atoms with Gasteiger partial charge in [-0.2, -0.15) is 0 Å². The maximum atomic E-state index is 12.8. The lowest BCUT2D eigenvalue weighted by Crippen LogP contribution is -2.27. The number of ether oxygens (including phenoxy) is 1. The normalized spacial score (nSPS) is 10.6. The molecule has 0 saturated heterocycles. The lowest BCUT2D eigenvalue weighted by molar-refractivity contribution is 0.0944. The van der Waals surface area contributed by atoms with Crippen molar-refractivity contribution in [1.82, 2.24) is 14.9 Å². The Morgan fingerprint density at radius 3 is 2.74 bits per heavy atom. The Kier molecular flexibility index (Phi) is 6.32. The molecule has 1 aromatic carbocycles. The number of halogens is 3. The van der Waals surface area contributed by atoms with E-state index in [1.165, 1.54) is 18.3 Å². The number of hydrogen-bond acceptors (Lipinski definition) is 3. The van der Waals surface area contributed by atoms with Gasteiger partial charge in [-0.3, -0.25) is 9.36 Å². The number of rotatable bonds is 7. The average Bonchev–Trinajstić information content (AvgIpc) is 3.12. The number of nitrogens with zero attached hydrogens (tertiary/aromatic N) is 2. The SMILES string of the molecule is O=C(NCCCOc1ccc(F)cc1)c1cccn1-c1ncc(Cl)cc1Cl. The maximum Gasteiger partial charge on any atom is 0.268 e. The molecule has 0 radical (unpaired) electrons. The molecule has 1 N–H and O–H groups in total. The zero-order valence-electron chi connectivity index (χ0n) is 14.2. The fourth-order valence-electron chi connectivity index (χ4n) is 2.42. The Bertz CT molecular complexity index is 929. The molecule has 140 valence electrons. The van der Waals surface area contributed by atoms with E-state index in [4.69, 9.17) is 27.9 Å². The number of carbonyl (C=O) groups excluding carboxylic acids is 1. The summed E-state index contributed by atoms with van der Waals surface area (Å²) in [6.45, 7) is 0.824. The highest BCUT2D eigenvalue weighted by Gasteiger charge is 2.14. The third kappa shape index (κ3) is 4.99. The summed E-state index contributed by atoms with van der Waals surface area (Å²) in [6, 6.07) is 10.8. The van der Waals surface area contributed by atoms with E-state index in [1.807, 2.05) is 0 Å². The van der Waals surface area contributed by atoms with Crippen LogP contribution in [0.4, 0.5) is 4.39 Å². The fraction of sp³-hybridized carbons (Fsp3) is 0.158. The van der Waals surface area contributed by atoms with E-state index in [0.717, 1.165) is 0 Å². The molecule has 3 aromatic rings. The van der Waals surface area contributed by atoms with Crippen LogP contribution < -0.4 is 10.1 Å². The summed E-state index contributed by atoms with van der Waals surface area (Å²) in [6.07, 6.45) is 3.77. The summed E-state index contributed by atoms with van der Waals surface area (Å²) in [7, 11) is 0. The third-order valence-corrected chi connectivity index (χ3v) is 4.17. The minimum Gasteiger partial charge on any atom is -0.494 e. The number of aromatic nitrogens is 2. The van der Waals surface area contributed by atoms with Gasteiger partial charge in [-0.1, -0.05) is 23.2 Å². The molecule has 1 amide bonds. The van der Waals surface area contributed by atoms with E-state index in [2.05, 4.69) is 10.3 Å². The number of hydrogen-bond donors (Lipinski definition) is 1. The topological polar surface area (TPSA) is 56.1 Å². The summed E-state index contributed by atoms with van der Waals surface area (Å²) < 4.78 is 19.9. The molecule has 27 heavy (non-hydrogen) atoms. The highest BCUT2D eigenvalue weighted by Crippen LogP contribution is 2.23. The largest absolute Gasteiger partial charge is 0.494 e. The molecular weight excluding hydrogens is 392 g/mol. The molecule has 0 atom stereocenters. The minimum absolute atomic E-state index is 0.255. The number of pyridine rings is 1. The molecule has 3 rings (SSSR count). The summed E-state index contributed by atoms with van der Waals surface area (Å²) in [5, 5.41) is 3.59. The second-order valence-electron chi connectivity index (χ2n) is 5.63. The second kappa shape index (κ2) is 8.88. The Morgan fingerprint density at radius 2 is 2.00 bits per heavy atom. The Balaban J connectivity index is 1.53.